The molecule has 0 saturated heterocycles. The standard InChI is InChI=1S/C30H40N4O4/c1-9-20(3)25(33-29(37)38-30(6,7)8)28(36)34(18-17-31)26(23-15-13-19(2)14-16-23)27(35)32-24-21(4)11-10-12-22(24)5/h10-16,20,25-26H,9,18H2,1-8H3,(H,32,35)(H,33,37). The van der Waals surface area contributed by atoms with Crippen LogP contribution >= 0.6 is 0 Å². The van der Waals surface area contributed by atoms with Gasteiger partial charge >= 0.3 is 6.09 Å². The van der Waals surface area contributed by atoms with Crippen molar-refractivity contribution in [3.8, 4) is 6.07 Å². The maximum atomic E-state index is 14.0. The Morgan fingerprint density at radius 3 is 2.11 bits per heavy atom. The second-order valence-corrected chi connectivity index (χ2v) is 10.7. The van der Waals surface area contributed by atoms with Gasteiger partial charge in [-0.2, -0.15) is 5.26 Å². The summed E-state index contributed by atoms with van der Waals surface area (Å²) in [4.78, 5) is 41.8. The van der Waals surface area contributed by atoms with Gasteiger partial charge in [-0.25, -0.2) is 4.79 Å². The van der Waals surface area contributed by atoms with Crippen molar-refractivity contribution in [1.29, 1.82) is 5.26 Å². The van der Waals surface area contributed by atoms with Crippen LogP contribution in [0.1, 0.15) is 69.3 Å². The van der Waals surface area contributed by atoms with E-state index in [1.807, 2.05) is 71.0 Å². The van der Waals surface area contributed by atoms with Crippen molar-refractivity contribution in [2.24, 2.45) is 5.92 Å². The number of para-hydroxylation sites is 1. The van der Waals surface area contributed by atoms with E-state index in [-0.39, 0.29) is 12.5 Å². The minimum Gasteiger partial charge on any atom is -0.444 e. The minimum atomic E-state index is -1.10. The third-order valence-corrected chi connectivity index (χ3v) is 6.36. The predicted octanol–water partition coefficient (Wildman–Crippen LogP) is 5.58. The molecule has 0 aliphatic carbocycles. The second kappa shape index (κ2) is 13.1. The molecule has 38 heavy (non-hydrogen) atoms. The van der Waals surface area contributed by atoms with E-state index in [0.29, 0.717) is 17.7 Å². The first-order valence-electron chi connectivity index (χ1n) is 12.9. The van der Waals surface area contributed by atoms with Crippen LogP contribution in [0.2, 0.25) is 0 Å². The van der Waals surface area contributed by atoms with Crippen LogP contribution < -0.4 is 10.6 Å². The molecule has 3 atom stereocenters. The van der Waals surface area contributed by atoms with Gasteiger partial charge in [0.2, 0.25) is 5.91 Å². The first-order chi connectivity index (χ1) is 17.8. The molecule has 204 valence electrons. The number of ether oxygens (including phenoxy) is 1. The van der Waals surface area contributed by atoms with E-state index < -0.39 is 35.6 Å². The Balaban J connectivity index is 2.56. The van der Waals surface area contributed by atoms with Crippen LogP contribution in [-0.4, -0.2) is 41.0 Å². The third kappa shape index (κ3) is 8.07. The molecule has 8 heteroatoms. The quantitative estimate of drug-likeness (QED) is 0.419. The number of nitrogens with zero attached hydrogens (tertiary/aromatic N) is 2. The van der Waals surface area contributed by atoms with Crippen LogP contribution in [0.4, 0.5) is 10.5 Å². The summed E-state index contributed by atoms with van der Waals surface area (Å²) in [5, 5.41) is 15.4. The Kier molecular flexibility index (Phi) is 10.5. The SMILES string of the molecule is CCC(C)C(NC(=O)OC(C)(C)C)C(=O)N(CC#N)C(C(=O)Nc1c(C)cccc1C)c1ccc(C)cc1. The topological polar surface area (TPSA) is 112 Å². The van der Waals surface area contributed by atoms with E-state index >= 15 is 0 Å². The molecule has 0 heterocycles. The lowest BCUT2D eigenvalue weighted by Gasteiger charge is -2.34. The van der Waals surface area contributed by atoms with Crippen molar-refractivity contribution in [3.05, 3.63) is 64.7 Å². The highest BCUT2D eigenvalue weighted by Gasteiger charge is 2.38. The van der Waals surface area contributed by atoms with Crippen LogP contribution in [0.15, 0.2) is 42.5 Å². The first-order valence-corrected chi connectivity index (χ1v) is 12.9. The molecular formula is C30H40N4O4. The van der Waals surface area contributed by atoms with Crippen LogP contribution in [0.25, 0.3) is 0 Å². The Morgan fingerprint density at radius 1 is 1.03 bits per heavy atom. The number of amides is 3. The first kappa shape index (κ1) is 30.4. The van der Waals surface area contributed by atoms with E-state index in [9.17, 15) is 19.6 Å². The monoisotopic (exact) mass is 520 g/mol. The average Bonchev–Trinajstić information content (AvgIpc) is 2.83. The van der Waals surface area contributed by atoms with Gasteiger partial charge in [0.1, 0.15) is 24.2 Å². The number of anilines is 1. The molecular weight excluding hydrogens is 480 g/mol. The summed E-state index contributed by atoms with van der Waals surface area (Å²) in [5.74, 6) is -1.26. The number of carbonyl (C=O) groups is 3. The molecule has 0 fully saturated rings. The van der Waals surface area contributed by atoms with Crippen molar-refractivity contribution < 1.29 is 19.1 Å². The highest BCUT2D eigenvalue weighted by molar-refractivity contribution is 6.00. The lowest BCUT2D eigenvalue weighted by molar-refractivity contribution is -0.141. The molecule has 0 aromatic heterocycles. The van der Waals surface area contributed by atoms with Gasteiger partial charge in [0.25, 0.3) is 5.91 Å². The van der Waals surface area contributed by atoms with Crippen LogP contribution in [-0.2, 0) is 14.3 Å². The maximum absolute atomic E-state index is 14.0. The summed E-state index contributed by atoms with van der Waals surface area (Å²) in [5.41, 5.74) is 3.21. The zero-order valence-electron chi connectivity index (χ0n) is 23.7. The normalized spacial score (nSPS) is 13.4. The zero-order valence-corrected chi connectivity index (χ0v) is 23.7. The highest BCUT2D eigenvalue weighted by Crippen LogP contribution is 2.28. The smallest absolute Gasteiger partial charge is 0.408 e. The molecule has 3 amide bonds. The van der Waals surface area contributed by atoms with Crippen molar-refractivity contribution in [2.75, 3.05) is 11.9 Å². The predicted molar refractivity (Wildman–Crippen MR) is 148 cm³/mol. The molecule has 2 N–H and O–H groups in total. The van der Waals surface area contributed by atoms with Gasteiger partial charge in [0, 0.05) is 5.69 Å². The van der Waals surface area contributed by atoms with Gasteiger partial charge in [-0.05, 0) is 64.2 Å². The second-order valence-electron chi connectivity index (χ2n) is 10.7. The summed E-state index contributed by atoms with van der Waals surface area (Å²) in [6.45, 7) is 14.3. The molecule has 2 aromatic rings. The fourth-order valence-corrected chi connectivity index (χ4v) is 4.09. The number of hydrogen-bond donors (Lipinski definition) is 2. The van der Waals surface area contributed by atoms with Gasteiger partial charge in [-0.3, -0.25) is 9.59 Å². The van der Waals surface area contributed by atoms with Gasteiger partial charge in [-0.1, -0.05) is 68.3 Å². The average molecular weight is 521 g/mol. The number of nitrogens with one attached hydrogen (secondary N) is 2. The molecule has 3 unspecified atom stereocenters. The van der Waals surface area contributed by atoms with E-state index in [1.165, 1.54) is 4.90 Å². The van der Waals surface area contributed by atoms with E-state index in [0.717, 1.165) is 16.7 Å². The number of benzene rings is 2. The number of hydrogen-bond acceptors (Lipinski definition) is 5. The van der Waals surface area contributed by atoms with Crippen LogP contribution in [0.3, 0.4) is 0 Å². The maximum Gasteiger partial charge on any atom is 0.408 e. The third-order valence-electron chi connectivity index (χ3n) is 6.36. The van der Waals surface area contributed by atoms with Crippen molar-refractivity contribution in [3.63, 3.8) is 0 Å². The lowest BCUT2D eigenvalue weighted by atomic mass is 9.95. The number of alkyl carbamates (subject to hydrolysis) is 1. The molecule has 2 rings (SSSR count). The number of aryl methyl sites for hydroxylation is 3. The number of nitriles is 1. The molecule has 8 nitrogen and oxygen atoms in total. The van der Waals surface area contributed by atoms with E-state index in [4.69, 9.17) is 4.74 Å². The Morgan fingerprint density at radius 2 is 1.61 bits per heavy atom. The summed E-state index contributed by atoms with van der Waals surface area (Å²) in [7, 11) is 0. The minimum absolute atomic E-state index is 0.281. The summed E-state index contributed by atoms with van der Waals surface area (Å²) in [6, 6.07) is 12.9. The lowest BCUT2D eigenvalue weighted by Crippen LogP contribution is -2.54. The fraction of sp³-hybridized carbons (Fsp3) is 0.467. The van der Waals surface area contributed by atoms with Gasteiger partial charge in [-0.15, -0.1) is 0 Å². The fourth-order valence-electron chi connectivity index (χ4n) is 4.09. The molecule has 0 aliphatic rings. The molecule has 0 spiro atoms. The largest absolute Gasteiger partial charge is 0.444 e. The summed E-state index contributed by atoms with van der Waals surface area (Å²) < 4.78 is 5.40. The van der Waals surface area contributed by atoms with Crippen molar-refractivity contribution in [2.45, 2.75) is 79.5 Å². The number of carbonyl (C=O) groups excluding carboxylic acids is 3. The Hall–Kier alpha value is -3.86. The van der Waals surface area contributed by atoms with E-state index in [2.05, 4.69) is 10.6 Å². The Bertz CT molecular complexity index is 1160. The Labute approximate surface area is 226 Å². The molecule has 0 saturated carbocycles. The highest BCUT2D eigenvalue weighted by atomic mass is 16.6. The molecule has 0 bridgehead atoms. The summed E-state index contributed by atoms with van der Waals surface area (Å²) >= 11 is 0. The molecule has 0 radical (unpaired) electrons. The van der Waals surface area contributed by atoms with Gasteiger partial charge < -0.3 is 20.3 Å². The summed E-state index contributed by atoms with van der Waals surface area (Å²) in [6.07, 6.45) is -0.156. The molecule has 2 aromatic carbocycles. The van der Waals surface area contributed by atoms with Crippen molar-refractivity contribution in [1.82, 2.24) is 10.2 Å². The van der Waals surface area contributed by atoms with Crippen LogP contribution in [0.5, 0.6) is 0 Å². The van der Waals surface area contributed by atoms with E-state index in [1.54, 1.807) is 32.9 Å². The van der Waals surface area contributed by atoms with Gasteiger partial charge in [0.05, 0.1) is 6.07 Å². The van der Waals surface area contributed by atoms with Crippen molar-refractivity contribution >= 4 is 23.6 Å². The van der Waals surface area contributed by atoms with Gasteiger partial charge in [0.15, 0.2) is 0 Å². The van der Waals surface area contributed by atoms with Crippen LogP contribution in [0, 0.1) is 38.0 Å². The molecule has 0 aliphatic heterocycles. The number of rotatable bonds is 9. The zero-order chi connectivity index (χ0) is 28.6.